The van der Waals surface area contributed by atoms with Gasteiger partial charge in [0.2, 0.25) is 17.7 Å². The number of benzene rings is 1. The zero-order valence-electron chi connectivity index (χ0n) is 22.0. The summed E-state index contributed by atoms with van der Waals surface area (Å²) in [6.07, 6.45) is 3.45. The number of nitrogens with one attached hydrogen (secondary N) is 3. The topological polar surface area (TPSA) is 151 Å². The van der Waals surface area contributed by atoms with Gasteiger partial charge in [-0.2, -0.15) is 11.8 Å². The van der Waals surface area contributed by atoms with Gasteiger partial charge < -0.3 is 26.8 Å². The van der Waals surface area contributed by atoms with E-state index in [4.69, 9.17) is 5.73 Å². The molecule has 0 saturated heterocycles. The highest BCUT2D eigenvalue weighted by molar-refractivity contribution is 7.98. The zero-order valence-corrected chi connectivity index (χ0v) is 22.8. The molecule has 1 rings (SSSR count). The van der Waals surface area contributed by atoms with E-state index in [2.05, 4.69) is 16.0 Å². The number of nitrogens with two attached hydrogens (primary N) is 1. The molecule has 0 fully saturated rings. The number of thioether (sulfide) groups is 1. The highest BCUT2D eigenvalue weighted by Gasteiger charge is 2.32. The van der Waals surface area contributed by atoms with E-state index in [9.17, 15) is 24.3 Å². The lowest BCUT2D eigenvalue weighted by Crippen LogP contribution is -2.58. The largest absolute Gasteiger partial charge is 0.480 e. The molecule has 0 radical (unpaired) electrons. The van der Waals surface area contributed by atoms with Crippen LogP contribution in [-0.2, 0) is 25.6 Å². The highest BCUT2D eigenvalue weighted by Crippen LogP contribution is 2.11. The Labute approximate surface area is 218 Å². The molecule has 0 aliphatic rings. The Balaban J connectivity index is 3.09. The molecule has 0 aliphatic carbocycles. The number of carbonyl (C=O) groups excluding carboxylic acids is 3. The van der Waals surface area contributed by atoms with Crippen molar-refractivity contribution < 1.29 is 24.3 Å². The second kappa shape index (κ2) is 16.2. The van der Waals surface area contributed by atoms with E-state index in [1.165, 1.54) is 11.8 Å². The Morgan fingerprint density at radius 1 is 0.944 bits per heavy atom. The predicted molar refractivity (Wildman–Crippen MR) is 143 cm³/mol. The minimum Gasteiger partial charge on any atom is -0.480 e. The van der Waals surface area contributed by atoms with Crippen LogP contribution >= 0.6 is 11.8 Å². The number of carbonyl (C=O) groups is 4. The molecule has 5 atom stereocenters. The van der Waals surface area contributed by atoms with Crippen LogP contribution in [0.2, 0.25) is 0 Å². The van der Waals surface area contributed by atoms with Crippen molar-refractivity contribution in [3.05, 3.63) is 35.9 Å². The van der Waals surface area contributed by atoms with Gasteiger partial charge in [-0.05, 0) is 42.2 Å². The van der Waals surface area contributed by atoms with Crippen molar-refractivity contribution in [3.8, 4) is 0 Å². The monoisotopic (exact) mass is 522 g/mol. The van der Waals surface area contributed by atoms with E-state index in [0.29, 0.717) is 25.0 Å². The lowest BCUT2D eigenvalue weighted by atomic mass is 9.98. The molecule has 9 nitrogen and oxygen atoms in total. The normalized spacial score (nSPS) is 15.3. The standard InChI is InChI=1S/C26H42N4O5S/c1-6-17(4)22(26(34)35)30-24(32)20(12-13-36-5)28-25(33)21(15-18-10-8-7-9-11-18)29-23(31)19(27)14-16(2)3/h7-11,16-17,19-22H,6,12-15,27H2,1-5H3,(H,28,33)(H,29,31)(H,30,32)(H,34,35). The van der Waals surface area contributed by atoms with Crippen LogP contribution in [0.25, 0.3) is 0 Å². The van der Waals surface area contributed by atoms with Gasteiger partial charge in [0.05, 0.1) is 6.04 Å². The van der Waals surface area contributed by atoms with Gasteiger partial charge in [0.25, 0.3) is 0 Å². The summed E-state index contributed by atoms with van der Waals surface area (Å²) < 4.78 is 0. The maximum atomic E-state index is 13.3. The Morgan fingerprint density at radius 3 is 2.06 bits per heavy atom. The van der Waals surface area contributed by atoms with Crippen LogP contribution in [0.1, 0.15) is 52.5 Å². The third kappa shape index (κ3) is 11.0. The van der Waals surface area contributed by atoms with E-state index in [1.54, 1.807) is 6.92 Å². The second-order valence-electron chi connectivity index (χ2n) is 9.54. The molecular weight excluding hydrogens is 480 g/mol. The zero-order chi connectivity index (χ0) is 27.3. The number of aliphatic carboxylic acids is 1. The van der Waals surface area contributed by atoms with Crippen LogP contribution in [0.4, 0.5) is 0 Å². The molecule has 0 bridgehead atoms. The van der Waals surface area contributed by atoms with Crippen LogP contribution < -0.4 is 21.7 Å². The number of hydrogen-bond acceptors (Lipinski definition) is 6. The van der Waals surface area contributed by atoms with Gasteiger partial charge in [-0.1, -0.05) is 64.4 Å². The summed E-state index contributed by atoms with van der Waals surface area (Å²) in [5, 5.41) is 17.6. The average molecular weight is 523 g/mol. The van der Waals surface area contributed by atoms with Gasteiger partial charge in [-0.15, -0.1) is 0 Å². The fraction of sp³-hybridized carbons (Fsp3) is 0.615. The first-order valence-corrected chi connectivity index (χ1v) is 13.8. The SMILES string of the molecule is CCC(C)C(NC(=O)C(CCSC)NC(=O)C(Cc1ccccc1)NC(=O)C(N)CC(C)C)C(=O)O. The third-order valence-corrected chi connectivity index (χ3v) is 6.64. The smallest absolute Gasteiger partial charge is 0.326 e. The number of carboxylic acid groups (broad SMARTS) is 1. The highest BCUT2D eigenvalue weighted by atomic mass is 32.2. The Morgan fingerprint density at radius 2 is 1.53 bits per heavy atom. The minimum atomic E-state index is -1.12. The van der Waals surface area contributed by atoms with Crippen molar-refractivity contribution in [1.29, 1.82) is 0 Å². The first kappa shape index (κ1) is 31.4. The Bertz CT molecular complexity index is 852. The lowest BCUT2D eigenvalue weighted by molar-refractivity contribution is -0.143. The van der Waals surface area contributed by atoms with E-state index in [0.717, 1.165) is 5.56 Å². The molecule has 6 N–H and O–H groups in total. The predicted octanol–water partition coefficient (Wildman–Crippen LogP) is 1.94. The Kier molecular flexibility index (Phi) is 14.2. The molecule has 1 aromatic carbocycles. The molecule has 10 heteroatoms. The molecule has 0 spiro atoms. The number of carboxylic acids is 1. The van der Waals surface area contributed by atoms with E-state index < -0.39 is 47.9 Å². The van der Waals surface area contributed by atoms with Crippen molar-refractivity contribution >= 4 is 35.5 Å². The first-order chi connectivity index (χ1) is 17.0. The summed E-state index contributed by atoms with van der Waals surface area (Å²) in [6, 6.07) is 5.50. The van der Waals surface area contributed by atoms with E-state index in [-0.39, 0.29) is 18.3 Å². The summed E-state index contributed by atoms with van der Waals surface area (Å²) >= 11 is 1.51. The maximum Gasteiger partial charge on any atom is 0.326 e. The molecule has 5 unspecified atom stereocenters. The van der Waals surface area contributed by atoms with Crippen molar-refractivity contribution in [2.24, 2.45) is 17.6 Å². The van der Waals surface area contributed by atoms with E-state index in [1.807, 2.05) is 57.4 Å². The molecule has 3 amide bonds. The summed E-state index contributed by atoms with van der Waals surface area (Å²) in [4.78, 5) is 50.8. The average Bonchev–Trinajstić information content (AvgIpc) is 2.83. The fourth-order valence-corrected chi connectivity index (χ4v) is 4.14. The fourth-order valence-electron chi connectivity index (χ4n) is 3.67. The van der Waals surface area contributed by atoms with Gasteiger partial charge in [0.15, 0.2) is 0 Å². The van der Waals surface area contributed by atoms with Crippen LogP contribution in [0.5, 0.6) is 0 Å². The summed E-state index contributed by atoms with van der Waals surface area (Å²) in [6.45, 7) is 7.51. The van der Waals surface area contributed by atoms with Crippen molar-refractivity contribution in [2.45, 2.75) is 77.5 Å². The quantitative estimate of drug-likeness (QED) is 0.223. The lowest BCUT2D eigenvalue weighted by Gasteiger charge is -2.26. The van der Waals surface area contributed by atoms with Gasteiger partial charge in [0.1, 0.15) is 18.1 Å². The van der Waals surface area contributed by atoms with Crippen LogP contribution in [0, 0.1) is 11.8 Å². The van der Waals surface area contributed by atoms with Gasteiger partial charge in [-0.3, -0.25) is 14.4 Å². The van der Waals surface area contributed by atoms with Crippen LogP contribution in [0.15, 0.2) is 30.3 Å². The minimum absolute atomic E-state index is 0.208. The van der Waals surface area contributed by atoms with E-state index >= 15 is 0 Å². The summed E-state index contributed by atoms with van der Waals surface area (Å²) in [5.74, 6) is -2.15. The van der Waals surface area contributed by atoms with Crippen molar-refractivity contribution in [2.75, 3.05) is 12.0 Å². The van der Waals surface area contributed by atoms with Gasteiger partial charge in [0, 0.05) is 6.42 Å². The molecular formula is C26H42N4O5S. The van der Waals surface area contributed by atoms with Crippen LogP contribution in [0.3, 0.4) is 0 Å². The second-order valence-corrected chi connectivity index (χ2v) is 10.5. The molecule has 202 valence electrons. The Hall–Kier alpha value is -2.59. The van der Waals surface area contributed by atoms with Crippen LogP contribution in [-0.4, -0.2) is 65.0 Å². The molecule has 0 saturated carbocycles. The molecule has 1 aromatic rings. The van der Waals surface area contributed by atoms with Crippen molar-refractivity contribution in [1.82, 2.24) is 16.0 Å². The summed E-state index contributed by atoms with van der Waals surface area (Å²) in [5.41, 5.74) is 6.87. The van der Waals surface area contributed by atoms with Crippen molar-refractivity contribution in [3.63, 3.8) is 0 Å². The first-order valence-electron chi connectivity index (χ1n) is 12.4. The third-order valence-electron chi connectivity index (χ3n) is 6.00. The molecule has 36 heavy (non-hydrogen) atoms. The number of rotatable bonds is 16. The molecule has 0 aliphatic heterocycles. The number of hydrogen-bond donors (Lipinski definition) is 5. The molecule has 0 aromatic heterocycles. The summed E-state index contributed by atoms with van der Waals surface area (Å²) in [7, 11) is 0. The van der Waals surface area contributed by atoms with Gasteiger partial charge in [-0.25, -0.2) is 4.79 Å². The number of amides is 3. The molecule has 0 heterocycles. The maximum absolute atomic E-state index is 13.3. The van der Waals surface area contributed by atoms with Gasteiger partial charge >= 0.3 is 5.97 Å².